The van der Waals surface area contributed by atoms with Gasteiger partial charge in [-0.2, -0.15) is 0 Å². The van der Waals surface area contributed by atoms with E-state index in [-0.39, 0.29) is 17.9 Å². The van der Waals surface area contributed by atoms with Gasteiger partial charge in [0.1, 0.15) is 0 Å². The fraction of sp³-hybridized carbons (Fsp3) is 0.545. The minimum atomic E-state index is -0.864. The smallest absolute Gasteiger partial charge is 0.320 e. The van der Waals surface area contributed by atoms with Crippen LogP contribution >= 0.6 is 0 Å². The molecule has 3 heterocycles. The molecule has 3 atom stereocenters. The summed E-state index contributed by atoms with van der Waals surface area (Å²) in [6, 6.07) is 8.59. The first-order valence-corrected chi connectivity index (χ1v) is 10.1. The van der Waals surface area contributed by atoms with Gasteiger partial charge < -0.3 is 14.5 Å². The van der Waals surface area contributed by atoms with Crippen LogP contribution < -0.4 is 0 Å². The van der Waals surface area contributed by atoms with E-state index in [1.165, 1.54) is 30.9 Å². The maximum absolute atomic E-state index is 12.5. The Morgan fingerprint density at radius 1 is 1.18 bits per heavy atom. The molecule has 28 heavy (non-hydrogen) atoms. The minimum Gasteiger partial charge on any atom is -0.468 e. The van der Waals surface area contributed by atoms with Gasteiger partial charge in [-0.25, -0.2) is 0 Å². The maximum Gasteiger partial charge on any atom is 0.320 e. The molecule has 0 saturated carbocycles. The van der Waals surface area contributed by atoms with E-state index < -0.39 is 17.9 Å². The van der Waals surface area contributed by atoms with Crippen molar-refractivity contribution in [3.8, 4) is 0 Å². The number of carbonyl (C=O) groups excluding carboxylic acids is 2. The third kappa shape index (κ3) is 2.91. The zero-order valence-electron chi connectivity index (χ0n) is 16.7. The number of benzene rings is 1. The summed E-state index contributed by atoms with van der Waals surface area (Å²) >= 11 is 0. The molecular weight excluding hydrogens is 356 g/mol. The Labute approximate surface area is 165 Å². The molecule has 1 fully saturated rings. The number of aromatic nitrogens is 1. The molecule has 4 rings (SSSR count). The number of piperidine rings is 1. The number of hydrogen-bond donors (Lipinski definition) is 1. The van der Waals surface area contributed by atoms with E-state index in [1.807, 2.05) is 6.07 Å². The molecule has 0 aliphatic carbocycles. The van der Waals surface area contributed by atoms with Crippen molar-refractivity contribution in [3.05, 3.63) is 35.5 Å². The molecule has 1 aromatic heterocycles. The Bertz CT molecular complexity index is 874. The fourth-order valence-corrected chi connectivity index (χ4v) is 5.46. The predicted octanol–water partition coefficient (Wildman–Crippen LogP) is 3.08. The van der Waals surface area contributed by atoms with Crippen LogP contribution in [0.5, 0.6) is 0 Å². The van der Waals surface area contributed by atoms with Gasteiger partial charge in [-0.15, -0.1) is 0 Å². The molecule has 2 aromatic rings. The number of hydrogen-bond acceptors (Lipinski definition) is 5. The lowest BCUT2D eigenvalue weighted by Crippen LogP contribution is -2.50. The fourth-order valence-electron chi connectivity index (χ4n) is 5.46. The van der Waals surface area contributed by atoms with Gasteiger partial charge in [-0.1, -0.05) is 31.5 Å². The van der Waals surface area contributed by atoms with Crippen LogP contribution in [0.15, 0.2) is 24.3 Å². The number of esters is 2. The van der Waals surface area contributed by atoms with E-state index in [1.54, 1.807) is 0 Å². The Balaban J connectivity index is 1.77. The summed E-state index contributed by atoms with van der Waals surface area (Å²) in [4.78, 5) is 31.1. The highest BCUT2D eigenvalue weighted by Crippen LogP contribution is 2.48. The summed E-state index contributed by atoms with van der Waals surface area (Å²) in [5.41, 5.74) is 3.78. The number of nitrogens with zero attached hydrogens (tertiary/aromatic N) is 1. The highest BCUT2D eigenvalue weighted by Gasteiger charge is 2.49. The van der Waals surface area contributed by atoms with Crippen LogP contribution in [-0.4, -0.2) is 49.1 Å². The van der Waals surface area contributed by atoms with Crippen molar-refractivity contribution in [3.63, 3.8) is 0 Å². The van der Waals surface area contributed by atoms with Crippen LogP contribution in [0.25, 0.3) is 10.9 Å². The number of methoxy groups -OCH3 is 2. The predicted molar refractivity (Wildman–Crippen MR) is 106 cm³/mol. The monoisotopic (exact) mass is 384 g/mol. The second-order valence-electron chi connectivity index (χ2n) is 7.84. The van der Waals surface area contributed by atoms with Gasteiger partial charge >= 0.3 is 11.9 Å². The van der Waals surface area contributed by atoms with Crippen LogP contribution in [0.4, 0.5) is 0 Å². The standard InChI is InChI=1S/C22H28N2O4/c1-4-13-15(18(21(25)27-2)22(26)28-3)9-11-24-12-10-16-14-7-5-6-8-17(14)23-19(16)20(13)24/h5-8,13,15,18,20,23H,4,9-12H2,1-3H3/t13-,15+,20-/m0/s1. The Morgan fingerprint density at radius 2 is 1.89 bits per heavy atom. The highest BCUT2D eigenvalue weighted by atomic mass is 16.5. The SMILES string of the molecule is CC[C@@H]1[C@H]2c3[nH]c4ccccc4c3CCN2CC[C@H]1C(C(=O)OC)C(=O)OC. The summed E-state index contributed by atoms with van der Waals surface area (Å²) in [5, 5.41) is 1.28. The van der Waals surface area contributed by atoms with Crippen molar-refractivity contribution in [1.29, 1.82) is 0 Å². The molecule has 2 aliphatic rings. The number of fused-ring (bicyclic) bond motifs is 5. The molecule has 0 amide bonds. The Kier molecular flexibility index (Phi) is 5.15. The van der Waals surface area contributed by atoms with E-state index in [4.69, 9.17) is 9.47 Å². The second kappa shape index (κ2) is 7.59. The first kappa shape index (κ1) is 19.0. The van der Waals surface area contributed by atoms with Gasteiger partial charge in [0.15, 0.2) is 5.92 Å². The summed E-state index contributed by atoms with van der Waals surface area (Å²) < 4.78 is 9.95. The van der Waals surface area contributed by atoms with Gasteiger partial charge in [-0.05, 0) is 42.9 Å². The third-order valence-corrected chi connectivity index (χ3v) is 6.70. The number of para-hydroxylation sites is 1. The van der Waals surface area contributed by atoms with Gasteiger partial charge in [0, 0.05) is 23.1 Å². The molecule has 1 saturated heterocycles. The molecule has 6 heteroatoms. The van der Waals surface area contributed by atoms with E-state index in [9.17, 15) is 9.59 Å². The first-order chi connectivity index (χ1) is 13.6. The van der Waals surface area contributed by atoms with Crippen LogP contribution in [0.3, 0.4) is 0 Å². The summed E-state index contributed by atoms with van der Waals surface area (Å²) in [7, 11) is 2.68. The average Bonchev–Trinajstić information content (AvgIpc) is 3.12. The topological polar surface area (TPSA) is 71.6 Å². The van der Waals surface area contributed by atoms with E-state index in [0.717, 1.165) is 37.9 Å². The second-order valence-corrected chi connectivity index (χ2v) is 7.84. The molecule has 2 aliphatic heterocycles. The molecule has 6 nitrogen and oxygen atoms in total. The van der Waals surface area contributed by atoms with Crippen molar-refractivity contribution in [2.75, 3.05) is 27.3 Å². The van der Waals surface area contributed by atoms with E-state index in [0.29, 0.717) is 0 Å². The molecule has 0 spiro atoms. The zero-order chi connectivity index (χ0) is 19.8. The average molecular weight is 384 g/mol. The van der Waals surface area contributed by atoms with Crippen molar-refractivity contribution in [1.82, 2.24) is 9.88 Å². The number of H-pyrrole nitrogens is 1. The number of nitrogens with one attached hydrogen (secondary N) is 1. The highest BCUT2D eigenvalue weighted by molar-refractivity contribution is 5.95. The summed E-state index contributed by atoms with van der Waals surface area (Å²) in [6.45, 7) is 4.01. The van der Waals surface area contributed by atoms with Crippen LogP contribution in [0, 0.1) is 17.8 Å². The first-order valence-electron chi connectivity index (χ1n) is 10.1. The van der Waals surface area contributed by atoms with Gasteiger partial charge in [0.25, 0.3) is 0 Å². The lowest BCUT2D eigenvalue weighted by atomic mass is 9.69. The number of rotatable bonds is 4. The number of ether oxygens (including phenoxy) is 2. The van der Waals surface area contributed by atoms with Crippen LogP contribution in [0.1, 0.15) is 37.1 Å². The van der Waals surface area contributed by atoms with Crippen molar-refractivity contribution in [2.45, 2.75) is 32.2 Å². The Hall–Kier alpha value is -2.34. The zero-order valence-corrected chi connectivity index (χ0v) is 16.7. The molecule has 1 aromatic carbocycles. The van der Waals surface area contributed by atoms with Gasteiger partial charge in [0.2, 0.25) is 0 Å². The van der Waals surface area contributed by atoms with Crippen molar-refractivity contribution in [2.24, 2.45) is 17.8 Å². The molecule has 150 valence electrons. The van der Waals surface area contributed by atoms with Crippen molar-refractivity contribution < 1.29 is 19.1 Å². The summed E-state index contributed by atoms with van der Waals surface area (Å²) in [6.07, 6.45) is 2.69. The molecule has 0 bridgehead atoms. The Morgan fingerprint density at radius 3 is 2.57 bits per heavy atom. The number of aromatic amines is 1. The lowest BCUT2D eigenvalue weighted by Gasteiger charge is -2.48. The lowest BCUT2D eigenvalue weighted by molar-refractivity contribution is -0.165. The molecular formula is C22H28N2O4. The quantitative estimate of drug-likeness (QED) is 0.648. The van der Waals surface area contributed by atoms with E-state index in [2.05, 4.69) is 35.0 Å². The minimum absolute atomic E-state index is 0.0940. The molecule has 0 unspecified atom stereocenters. The van der Waals surface area contributed by atoms with Crippen molar-refractivity contribution >= 4 is 22.8 Å². The molecule has 0 radical (unpaired) electrons. The van der Waals surface area contributed by atoms with Gasteiger partial charge in [-0.3, -0.25) is 14.5 Å². The molecule has 1 N–H and O–H groups in total. The maximum atomic E-state index is 12.5. The number of carbonyl (C=O) groups is 2. The van der Waals surface area contributed by atoms with Crippen LogP contribution in [-0.2, 0) is 25.5 Å². The normalized spacial score (nSPS) is 24.6. The summed E-state index contributed by atoms with van der Waals surface area (Å²) in [5.74, 6) is -1.77. The largest absolute Gasteiger partial charge is 0.468 e. The van der Waals surface area contributed by atoms with Gasteiger partial charge in [0.05, 0.1) is 20.3 Å². The third-order valence-electron chi connectivity index (χ3n) is 6.70. The van der Waals surface area contributed by atoms with Crippen LogP contribution in [0.2, 0.25) is 0 Å². The van der Waals surface area contributed by atoms with E-state index >= 15 is 0 Å².